The van der Waals surface area contributed by atoms with Gasteiger partial charge in [0.2, 0.25) is 11.3 Å². The van der Waals surface area contributed by atoms with Crippen molar-refractivity contribution >= 4 is 17.7 Å². The van der Waals surface area contributed by atoms with Crippen LogP contribution in [0.5, 0.6) is 5.75 Å². The Morgan fingerprint density at radius 3 is 2.48 bits per heavy atom. The van der Waals surface area contributed by atoms with Crippen molar-refractivity contribution in [3.63, 3.8) is 0 Å². The van der Waals surface area contributed by atoms with E-state index in [2.05, 4.69) is 5.32 Å². The van der Waals surface area contributed by atoms with E-state index in [1.54, 1.807) is 35.2 Å². The highest BCUT2D eigenvalue weighted by atomic mass is 19.1. The van der Waals surface area contributed by atoms with Gasteiger partial charge in [0.05, 0.1) is 12.6 Å². The van der Waals surface area contributed by atoms with Crippen LogP contribution in [0.15, 0.2) is 53.5 Å². The van der Waals surface area contributed by atoms with Crippen molar-refractivity contribution in [2.45, 2.75) is 51.4 Å². The molecule has 44 heavy (non-hydrogen) atoms. The maximum atomic E-state index is 14.3. The van der Waals surface area contributed by atoms with Crippen LogP contribution in [-0.4, -0.2) is 56.6 Å². The van der Waals surface area contributed by atoms with E-state index in [9.17, 15) is 37.6 Å². The van der Waals surface area contributed by atoms with Gasteiger partial charge in [0, 0.05) is 54.9 Å². The zero-order chi connectivity index (χ0) is 31.3. The predicted octanol–water partition coefficient (Wildman–Crippen LogP) is 3.56. The van der Waals surface area contributed by atoms with Crippen LogP contribution >= 0.6 is 0 Å². The first-order valence-corrected chi connectivity index (χ1v) is 14.2. The molecular formula is C31H29F3N4O6. The van der Waals surface area contributed by atoms with Gasteiger partial charge in [-0.15, -0.1) is 0 Å². The minimum absolute atomic E-state index is 0.0122. The van der Waals surface area contributed by atoms with Gasteiger partial charge in [0.25, 0.3) is 11.8 Å². The molecule has 0 saturated carbocycles. The fourth-order valence-electron chi connectivity index (χ4n) is 6.50. The highest BCUT2D eigenvalue weighted by Crippen LogP contribution is 2.50. The van der Waals surface area contributed by atoms with Crippen molar-refractivity contribution < 1.29 is 37.5 Å². The van der Waals surface area contributed by atoms with E-state index >= 15 is 0 Å². The summed E-state index contributed by atoms with van der Waals surface area (Å²) in [5, 5.41) is 13.3. The Bertz CT molecular complexity index is 1710. The minimum Gasteiger partial charge on any atom is -0.483 e. The number of hydrogen-bond donors (Lipinski definition) is 2. The van der Waals surface area contributed by atoms with Gasteiger partial charge in [0.1, 0.15) is 29.6 Å². The van der Waals surface area contributed by atoms with E-state index in [-0.39, 0.29) is 43.6 Å². The van der Waals surface area contributed by atoms with E-state index in [4.69, 9.17) is 4.74 Å². The number of ether oxygens (including phenoxy) is 1. The van der Waals surface area contributed by atoms with Gasteiger partial charge in [-0.2, -0.15) is 0 Å². The van der Waals surface area contributed by atoms with Gasteiger partial charge in [-0.05, 0) is 25.3 Å². The number of hydroxylamine groups is 2. The third kappa shape index (κ3) is 5.00. The third-order valence-corrected chi connectivity index (χ3v) is 8.92. The number of nitrogens with zero attached hydrogens (tertiary/aromatic N) is 3. The number of benzene rings is 2. The highest BCUT2D eigenvalue weighted by Gasteiger charge is 2.55. The topological polar surface area (TPSA) is 121 Å². The van der Waals surface area contributed by atoms with Gasteiger partial charge in [0.15, 0.2) is 11.4 Å². The summed E-state index contributed by atoms with van der Waals surface area (Å²) in [7, 11) is 0. The molecule has 0 aliphatic carbocycles. The van der Waals surface area contributed by atoms with Crippen LogP contribution in [0.2, 0.25) is 0 Å². The normalized spacial score (nSPS) is 22.7. The quantitative estimate of drug-likeness (QED) is 0.412. The summed E-state index contributed by atoms with van der Waals surface area (Å²) in [4.78, 5) is 55.5. The molecule has 13 heteroatoms. The van der Waals surface area contributed by atoms with Crippen molar-refractivity contribution in [3.8, 4) is 5.75 Å². The monoisotopic (exact) mass is 610 g/mol. The Balaban J connectivity index is 1.46. The molecule has 3 atom stereocenters. The fraction of sp³-hybridized carbons (Fsp3) is 0.355. The van der Waals surface area contributed by atoms with Gasteiger partial charge >= 0.3 is 0 Å². The largest absolute Gasteiger partial charge is 0.483 e. The molecule has 3 aliphatic heterocycles. The summed E-state index contributed by atoms with van der Waals surface area (Å²) >= 11 is 0. The molecule has 230 valence electrons. The molecule has 10 nitrogen and oxygen atoms in total. The molecular weight excluding hydrogens is 581 g/mol. The molecule has 3 aliphatic rings. The van der Waals surface area contributed by atoms with Crippen LogP contribution in [-0.2, 0) is 17.9 Å². The number of halogens is 3. The molecule has 1 spiro atoms. The first kappa shape index (κ1) is 29.4. The van der Waals surface area contributed by atoms with E-state index in [0.717, 1.165) is 0 Å². The third-order valence-electron chi connectivity index (χ3n) is 8.92. The van der Waals surface area contributed by atoms with Crippen LogP contribution in [0.25, 0.3) is 0 Å². The Hall–Kier alpha value is -4.65. The summed E-state index contributed by atoms with van der Waals surface area (Å²) in [5.41, 5.74) is -2.21. The second kappa shape index (κ2) is 11.1. The molecule has 3 amide bonds. The standard InChI is InChI=1S/C31H29F3N4O6/c1-17-7-8-31(11-25(39)38(43)16-31)24-14-36(17)30(42)26-28(44-15-18-5-3-2-4-6-18)27(40)21(13-37(24)26)29(41)35-12-20-22(33)9-19(32)10-23(20)34/h2-6,9-10,13,17,24,43H,7-8,11-12,14-16H2,1H3,(H,35,41)/t17-,24+,31+/m0/s1. The number of carbonyl (C=O) groups excluding carboxylic acids is 3. The lowest BCUT2D eigenvalue weighted by atomic mass is 9.75. The highest BCUT2D eigenvalue weighted by molar-refractivity contribution is 5.99. The van der Waals surface area contributed by atoms with Crippen molar-refractivity contribution in [2.75, 3.05) is 13.1 Å². The predicted molar refractivity (Wildman–Crippen MR) is 148 cm³/mol. The second-order valence-electron chi connectivity index (χ2n) is 11.6. The smallest absolute Gasteiger partial charge is 0.274 e. The van der Waals surface area contributed by atoms with Gasteiger partial charge < -0.3 is 19.5 Å². The SMILES string of the molecule is C[C@H]1CC[C@]2(CC(=O)N(O)C2)[C@H]2CN1C(=O)c1c(OCc3ccccc3)c(=O)c(C(=O)NCc3c(F)cc(F)cc3F)cn12. The number of amides is 3. The summed E-state index contributed by atoms with van der Waals surface area (Å²) < 4.78 is 49.4. The average Bonchev–Trinajstić information content (AvgIpc) is 3.21. The zero-order valence-corrected chi connectivity index (χ0v) is 23.7. The summed E-state index contributed by atoms with van der Waals surface area (Å²) in [6, 6.07) is 8.94. The van der Waals surface area contributed by atoms with Crippen LogP contribution in [0, 0.1) is 22.9 Å². The summed E-state index contributed by atoms with van der Waals surface area (Å²) in [5.74, 6) is -5.90. The number of fused-ring (bicyclic) bond motifs is 5. The van der Waals surface area contributed by atoms with Gasteiger partial charge in [-0.1, -0.05) is 30.3 Å². The van der Waals surface area contributed by atoms with Gasteiger partial charge in [-0.3, -0.25) is 24.4 Å². The van der Waals surface area contributed by atoms with Crippen molar-refractivity contribution in [3.05, 3.63) is 98.7 Å². The van der Waals surface area contributed by atoms with Crippen molar-refractivity contribution in [2.24, 2.45) is 5.41 Å². The van der Waals surface area contributed by atoms with E-state index < -0.39 is 69.7 Å². The molecule has 2 fully saturated rings. The van der Waals surface area contributed by atoms with Crippen molar-refractivity contribution in [1.29, 1.82) is 0 Å². The minimum atomic E-state index is -1.21. The van der Waals surface area contributed by atoms with Crippen LogP contribution in [0.4, 0.5) is 13.2 Å². The Morgan fingerprint density at radius 2 is 1.82 bits per heavy atom. The number of carbonyl (C=O) groups is 3. The molecule has 6 rings (SSSR count). The lowest BCUT2D eigenvalue weighted by molar-refractivity contribution is -0.158. The number of nitrogens with one attached hydrogen (secondary N) is 1. The molecule has 3 aromatic rings. The number of rotatable bonds is 6. The molecule has 0 unspecified atom stereocenters. The lowest BCUT2D eigenvalue weighted by Gasteiger charge is -2.43. The molecule has 2 aromatic carbocycles. The summed E-state index contributed by atoms with van der Waals surface area (Å²) in [6.45, 7) is 1.21. The van der Waals surface area contributed by atoms with Gasteiger partial charge in [-0.25, -0.2) is 18.2 Å². The number of aromatic nitrogens is 1. The lowest BCUT2D eigenvalue weighted by Crippen LogP contribution is -2.51. The maximum absolute atomic E-state index is 14.3. The van der Waals surface area contributed by atoms with E-state index in [1.165, 1.54) is 10.8 Å². The van der Waals surface area contributed by atoms with Crippen LogP contribution < -0.4 is 15.5 Å². The molecule has 1 aromatic heterocycles. The van der Waals surface area contributed by atoms with Crippen LogP contribution in [0.1, 0.15) is 64.2 Å². The van der Waals surface area contributed by atoms with E-state index in [0.29, 0.717) is 35.6 Å². The first-order valence-electron chi connectivity index (χ1n) is 14.2. The summed E-state index contributed by atoms with van der Waals surface area (Å²) in [6.07, 6.45) is 2.20. The maximum Gasteiger partial charge on any atom is 0.274 e. The van der Waals surface area contributed by atoms with E-state index in [1.807, 2.05) is 6.92 Å². The first-order chi connectivity index (χ1) is 21.0. The molecule has 4 heterocycles. The zero-order valence-electron chi connectivity index (χ0n) is 23.7. The van der Waals surface area contributed by atoms with Crippen molar-refractivity contribution in [1.82, 2.24) is 19.8 Å². The number of hydrogen-bond acceptors (Lipinski definition) is 6. The molecule has 0 radical (unpaired) electrons. The fourth-order valence-corrected chi connectivity index (χ4v) is 6.50. The molecule has 2 bridgehead atoms. The van der Waals surface area contributed by atoms with Crippen LogP contribution in [0.3, 0.4) is 0 Å². The second-order valence-corrected chi connectivity index (χ2v) is 11.6. The number of pyridine rings is 1. The Labute approximate surface area is 249 Å². The molecule has 2 N–H and O–H groups in total. The Kier molecular flexibility index (Phi) is 7.44. The Morgan fingerprint density at radius 1 is 1.11 bits per heavy atom. The molecule has 2 saturated heterocycles. The average molecular weight is 611 g/mol.